The number of methoxy groups -OCH3 is 1. The van der Waals surface area contributed by atoms with Crippen LogP contribution in [0.5, 0.6) is 5.75 Å². The summed E-state index contributed by atoms with van der Waals surface area (Å²) < 4.78 is 11.1. The van der Waals surface area contributed by atoms with Crippen LogP contribution in [0.3, 0.4) is 0 Å². The van der Waals surface area contributed by atoms with Crippen molar-refractivity contribution in [2.75, 3.05) is 26.8 Å². The lowest BCUT2D eigenvalue weighted by atomic mass is 10.2. The number of hydrogen-bond donors (Lipinski definition) is 1. The van der Waals surface area contributed by atoms with Crippen molar-refractivity contribution in [1.29, 1.82) is 0 Å². The van der Waals surface area contributed by atoms with Gasteiger partial charge in [-0.3, -0.25) is 0 Å². The molecule has 0 aliphatic rings. The number of hydrogen-bond acceptors (Lipinski definition) is 3. The SMILES string of the molecule is CCCNCC(COC)Oc1ccc(CC)cc1. The fraction of sp³-hybridized carbons (Fsp3) is 0.600. The quantitative estimate of drug-likeness (QED) is 0.684. The minimum Gasteiger partial charge on any atom is -0.487 e. The van der Waals surface area contributed by atoms with E-state index in [1.54, 1.807) is 7.11 Å². The molecule has 1 N–H and O–H groups in total. The summed E-state index contributed by atoms with van der Waals surface area (Å²) in [5, 5.41) is 3.36. The van der Waals surface area contributed by atoms with Crippen LogP contribution in [0.25, 0.3) is 0 Å². The highest BCUT2D eigenvalue weighted by Gasteiger charge is 2.09. The molecule has 0 heterocycles. The van der Waals surface area contributed by atoms with Gasteiger partial charge in [-0.15, -0.1) is 0 Å². The van der Waals surface area contributed by atoms with Crippen LogP contribution in [-0.2, 0) is 11.2 Å². The van der Waals surface area contributed by atoms with Gasteiger partial charge in [-0.25, -0.2) is 0 Å². The molecular formula is C15H25NO2. The molecule has 0 saturated carbocycles. The Morgan fingerprint density at radius 1 is 1.17 bits per heavy atom. The van der Waals surface area contributed by atoms with E-state index in [1.165, 1.54) is 5.56 Å². The Kier molecular flexibility index (Phi) is 7.46. The van der Waals surface area contributed by atoms with E-state index in [4.69, 9.17) is 9.47 Å². The second-order valence-electron chi connectivity index (χ2n) is 4.40. The zero-order chi connectivity index (χ0) is 13.2. The molecule has 3 nitrogen and oxygen atoms in total. The smallest absolute Gasteiger partial charge is 0.134 e. The summed E-state index contributed by atoms with van der Waals surface area (Å²) in [6.45, 7) is 6.74. The lowest BCUT2D eigenvalue weighted by molar-refractivity contribution is 0.0807. The summed E-state index contributed by atoms with van der Waals surface area (Å²) in [5.41, 5.74) is 1.33. The monoisotopic (exact) mass is 251 g/mol. The molecular weight excluding hydrogens is 226 g/mol. The van der Waals surface area contributed by atoms with Crippen LogP contribution in [0.1, 0.15) is 25.8 Å². The van der Waals surface area contributed by atoms with E-state index >= 15 is 0 Å². The molecule has 1 rings (SSSR count). The second-order valence-corrected chi connectivity index (χ2v) is 4.40. The average molecular weight is 251 g/mol. The molecule has 0 aliphatic carbocycles. The molecule has 0 bridgehead atoms. The van der Waals surface area contributed by atoms with Crippen molar-refractivity contribution >= 4 is 0 Å². The molecule has 1 atom stereocenters. The summed E-state index contributed by atoms with van der Waals surface area (Å²) >= 11 is 0. The summed E-state index contributed by atoms with van der Waals surface area (Å²) in [6, 6.07) is 8.28. The number of aryl methyl sites for hydroxylation is 1. The van der Waals surface area contributed by atoms with Gasteiger partial charge in [0.15, 0.2) is 0 Å². The molecule has 1 aromatic rings. The third kappa shape index (κ3) is 5.52. The van der Waals surface area contributed by atoms with Gasteiger partial charge in [0, 0.05) is 13.7 Å². The maximum absolute atomic E-state index is 5.91. The Labute approximate surface area is 110 Å². The fourth-order valence-corrected chi connectivity index (χ4v) is 1.76. The maximum Gasteiger partial charge on any atom is 0.134 e. The van der Waals surface area contributed by atoms with E-state index in [9.17, 15) is 0 Å². The van der Waals surface area contributed by atoms with Crippen molar-refractivity contribution in [3.8, 4) is 5.75 Å². The summed E-state index contributed by atoms with van der Waals surface area (Å²) in [5.74, 6) is 0.910. The van der Waals surface area contributed by atoms with Gasteiger partial charge in [-0.2, -0.15) is 0 Å². The Morgan fingerprint density at radius 3 is 2.44 bits per heavy atom. The minimum absolute atomic E-state index is 0.0639. The van der Waals surface area contributed by atoms with Crippen molar-refractivity contribution in [3.05, 3.63) is 29.8 Å². The Morgan fingerprint density at radius 2 is 1.89 bits per heavy atom. The molecule has 0 aromatic heterocycles. The van der Waals surface area contributed by atoms with Gasteiger partial charge in [0.25, 0.3) is 0 Å². The van der Waals surface area contributed by atoms with Crippen LogP contribution in [0.4, 0.5) is 0 Å². The van der Waals surface area contributed by atoms with Crippen LogP contribution in [0, 0.1) is 0 Å². The molecule has 18 heavy (non-hydrogen) atoms. The molecule has 0 aliphatic heterocycles. The fourth-order valence-electron chi connectivity index (χ4n) is 1.76. The van der Waals surface area contributed by atoms with E-state index < -0.39 is 0 Å². The minimum atomic E-state index is 0.0639. The summed E-state index contributed by atoms with van der Waals surface area (Å²) in [4.78, 5) is 0. The Balaban J connectivity index is 2.47. The molecule has 1 unspecified atom stereocenters. The van der Waals surface area contributed by atoms with Gasteiger partial charge in [0.05, 0.1) is 6.61 Å². The topological polar surface area (TPSA) is 30.5 Å². The van der Waals surface area contributed by atoms with Crippen LogP contribution in [0.2, 0.25) is 0 Å². The first-order chi connectivity index (χ1) is 8.80. The molecule has 0 amide bonds. The van der Waals surface area contributed by atoms with Gasteiger partial charge < -0.3 is 14.8 Å². The lowest BCUT2D eigenvalue weighted by Crippen LogP contribution is -2.35. The summed E-state index contributed by atoms with van der Waals surface area (Å²) in [6.07, 6.45) is 2.25. The predicted octanol–water partition coefficient (Wildman–Crippen LogP) is 2.64. The lowest BCUT2D eigenvalue weighted by Gasteiger charge is -2.19. The molecule has 3 heteroatoms. The van der Waals surface area contributed by atoms with E-state index in [0.29, 0.717) is 6.61 Å². The van der Waals surface area contributed by atoms with E-state index in [0.717, 1.165) is 31.7 Å². The Bertz CT molecular complexity index is 311. The van der Waals surface area contributed by atoms with E-state index in [2.05, 4.69) is 31.3 Å². The Hall–Kier alpha value is -1.06. The highest BCUT2D eigenvalue weighted by molar-refractivity contribution is 5.27. The van der Waals surface area contributed by atoms with Gasteiger partial charge in [-0.05, 0) is 37.1 Å². The van der Waals surface area contributed by atoms with Crippen LogP contribution in [-0.4, -0.2) is 32.9 Å². The van der Waals surface area contributed by atoms with E-state index in [1.807, 2.05) is 12.1 Å². The van der Waals surface area contributed by atoms with Crippen molar-refractivity contribution in [2.24, 2.45) is 0 Å². The molecule has 102 valence electrons. The zero-order valence-corrected chi connectivity index (χ0v) is 11.7. The van der Waals surface area contributed by atoms with Crippen LogP contribution < -0.4 is 10.1 Å². The molecule has 0 saturated heterocycles. The molecule has 0 spiro atoms. The van der Waals surface area contributed by atoms with Crippen LogP contribution in [0.15, 0.2) is 24.3 Å². The van der Waals surface area contributed by atoms with Gasteiger partial charge >= 0.3 is 0 Å². The molecule has 0 radical (unpaired) electrons. The number of nitrogens with one attached hydrogen (secondary N) is 1. The zero-order valence-electron chi connectivity index (χ0n) is 11.7. The number of ether oxygens (including phenoxy) is 2. The number of benzene rings is 1. The van der Waals surface area contributed by atoms with Crippen molar-refractivity contribution < 1.29 is 9.47 Å². The number of rotatable bonds is 9. The normalized spacial score (nSPS) is 12.4. The van der Waals surface area contributed by atoms with Crippen LogP contribution >= 0.6 is 0 Å². The first-order valence-corrected chi connectivity index (χ1v) is 6.75. The maximum atomic E-state index is 5.91. The predicted molar refractivity (Wildman–Crippen MR) is 75.3 cm³/mol. The molecule has 0 fully saturated rings. The largest absolute Gasteiger partial charge is 0.487 e. The van der Waals surface area contributed by atoms with Crippen molar-refractivity contribution in [1.82, 2.24) is 5.32 Å². The third-order valence-electron chi connectivity index (χ3n) is 2.79. The summed E-state index contributed by atoms with van der Waals surface area (Å²) in [7, 11) is 1.70. The van der Waals surface area contributed by atoms with Gasteiger partial charge in [-0.1, -0.05) is 26.0 Å². The van der Waals surface area contributed by atoms with Crippen molar-refractivity contribution in [2.45, 2.75) is 32.8 Å². The van der Waals surface area contributed by atoms with Gasteiger partial charge in [0.1, 0.15) is 11.9 Å². The third-order valence-corrected chi connectivity index (χ3v) is 2.79. The average Bonchev–Trinajstić information content (AvgIpc) is 2.40. The standard InChI is InChI=1S/C15H25NO2/c1-4-10-16-11-15(12-17-3)18-14-8-6-13(5-2)7-9-14/h6-9,15-16H,4-5,10-12H2,1-3H3. The molecule has 1 aromatic carbocycles. The first kappa shape index (κ1) is 15.0. The first-order valence-electron chi connectivity index (χ1n) is 6.75. The highest BCUT2D eigenvalue weighted by Crippen LogP contribution is 2.14. The van der Waals surface area contributed by atoms with Crippen molar-refractivity contribution in [3.63, 3.8) is 0 Å². The highest BCUT2D eigenvalue weighted by atomic mass is 16.5. The second kappa shape index (κ2) is 8.95. The van der Waals surface area contributed by atoms with E-state index in [-0.39, 0.29) is 6.10 Å². The van der Waals surface area contributed by atoms with Gasteiger partial charge in [0.2, 0.25) is 0 Å².